The van der Waals surface area contributed by atoms with E-state index in [1.165, 1.54) is 16.7 Å². The Bertz CT molecular complexity index is 850. The molecule has 3 rings (SSSR count). The summed E-state index contributed by atoms with van der Waals surface area (Å²) in [5.74, 6) is -1.22. The standard InChI is InChI=1S/C19H20N2O4S2/c1-2-20-13-9-6-5-8-12(13)15(17(20)24)16-18(25)21(19(26)27-16)11-7-3-4-10-14(22)23/h5-6,8-9H,2-4,7,10-11H2,1H3,(H,22,23)/b16-15-. The average molecular weight is 405 g/mol. The summed E-state index contributed by atoms with van der Waals surface area (Å²) >= 11 is 6.53. The number of aliphatic carboxylic acids is 1. The third kappa shape index (κ3) is 3.77. The fraction of sp³-hybridized carbons (Fsp3) is 0.368. The van der Waals surface area contributed by atoms with E-state index < -0.39 is 5.97 Å². The van der Waals surface area contributed by atoms with Crippen molar-refractivity contribution in [2.75, 3.05) is 18.0 Å². The molecule has 6 nitrogen and oxygen atoms in total. The minimum Gasteiger partial charge on any atom is -0.481 e. The zero-order chi connectivity index (χ0) is 19.6. The molecule has 0 aromatic heterocycles. The lowest BCUT2D eigenvalue weighted by atomic mass is 10.1. The fourth-order valence-corrected chi connectivity index (χ4v) is 4.66. The molecule has 1 saturated heterocycles. The summed E-state index contributed by atoms with van der Waals surface area (Å²) in [5, 5.41) is 8.68. The summed E-state index contributed by atoms with van der Waals surface area (Å²) in [6.07, 6.45) is 2.08. The van der Waals surface area contributed by atoms with Crippen LogP contribution >= 0.6 is 24.0 Å². The van der Waals surface area contributed by atoms with Crippen LogP contribution in [0.5, 0.6) is 0 Å². The Labute approximate surface area is 167 Å². The Morgan fingerprint density at radius 3 is 2.56 bits per heavy atom. The summed E-state index contributed by atoms with van der Waals surface area (Å²) in [6, 6.07) is 7.47. The van der Waals surface area contributed by atoms with Crippen LogP contribution in [-0.4, -0.2) is 45.2 Å². The van der Waals surface area contributed by atoms with Crippen LogP contribution in [0.1, 0.15) is 38.2 Å². The first-order valence-electron chi connectivity index (χ1n) is 8.86. The molecule has 1 aromatic rings. The highest BCUT2D eigenvalue weighted by atomic mass is 32.2. The topological polar surface area (TPSA) is 77.9 Å². The number of amides is 2. The zero-order valence-electron chi connectivity index (χ0n) is 14.9. The average Bonchev–Trinajstić information content (AvgIpc) is 3.07. The van der Waals surface area contributed by atoms with Gasteiger partial charge in [-0.25, -0.2) is 0 Å². The monoisotopic (exact) mass is 404 g/mol. The van der Waals surface area contributed by atoms with Gasteiger partial charge in [0.25, 0.3) is 11.8 Å². The van der Waals surface area contributed by atoms with Gasteiger partial charge in [-0.2, -0.15) is 0 Å². The Kier molecular flexibility index (Phi) is 5.96. The molecule has 0 spiro atoms. The number of carbonyl (C=O) groups excluding carboxylic acids is 2. The number of nitrogens with zero attached hydrogens (tertiary/aromatic N) is 2. The van der Waals surface area contributed by atoms with Crippen molar-refractivity contribution in [2.24, 2.45) is 0 Å². The molecule has 2 aliphatic heterocycles. The van der Waals surface area contributed by atoms with E-state index >= 15 is 0 Å². The van der Waals surface area contributed by atoms with Gasteiger partial charge in [0.05, 0.1) is 16.2 Å². The number of unbranched alkanes of at least 4 members (excludes halogenated alkanes) is 2. The molecule has 2 aliphatic rings. The number of hydrogen-bond acceptors (Lipinski definition) is 5. The second-order valence-electron chi connectivity index (χ2n) is 6.30. The summed E-state index contributed by atoms with van der Waals surface area (Å²) in [7, 11) is 0. The fourth-order valence-electron chi connectivity index (χ4n) is 3.28. The number of thioether (sulfide) groups is 1. The Morgan fingerprint density at radius 2 is 1.85 bits per heavy atom. The Hall–Kier alpha value is -2.19. The molecule has 0 radical (unpaired) electrons. The first-order valence-corrected chi connectivity index (χ1v) is 10.1. The number of carboxylic acids is 1. The molecule has 1 aromatic carbocycles. The summed E-state index contributed by atoms with van der Waals surface area (Å²) in [6.45, 7) is 2.87. The second-order valence-corrected chi connectivity index (χ2v) is 7.94. The van der Waals surface area contributed by atoms with Gasteiger partial charge in [0.15, 0.2) is 0 Å². The van der Waals surface area contributed by atoms with Crippen molar-refractivity contribution < 1.29 is 19.5 Å². The van der Waals surface area contributed by atoms with Crippen LogP contribution in [0, 0.1) is 0 Å². The number of hydrogen-bond donors (Lipinski definition) is 1. The first kappa shape index (κ1) is 19.6. The van der Waals surface area contributed by atoms with Crippen LogP contribution in [0.25, 0.3) is 5.57 Å². The third-order valence-corrected chi connectivity index (χ3v) is 6.04. The van der Waals surface area contributed by atoms with Crippen molar-refractivity contribution in [1.82, 2.24) is 4.90 Å². The van der Waals surface area contributed by atoms with Gasteiger partial charge in [0.1, 0.15) is 4.32 Å². The molecule has 142 valence electrons. The van der Waals surface area contributed by atoms with Crippen LogP contribution in [-0.2, 0) is 14.4 Å². The molecule has 1 N–H and O–H groups in total. The summed E-state index contributed by atoms with van der Waals surface area (Å²) in [5.41, 5.74) is 2.02. The second kappa shape index (κ2) is 8.22. The molecule has 0 aliphatic carbocycles. The van der Waals surface area contributed by atoms with Gasteiger partial charge in [-0.3, -0.25) is 19.3 Å². The van der Waals surface area contributed by atoms with Gasteiger partial charge in [0.2, 0.25) is 0 Å². The van der Waals surface area contributed by atoms with Gasteiger partial charge in [-0.05, 0) is 25.8 Å². The van der Waals surface area contributed by atoms with E-state index in [0.29, 0.717) is 47.2 Å². The van der Waals surface area contributed by atoms with E-state index in [4.69, 9.17) is 17.3 Å². The van der Waals surface area contributed by atoms with Crippen LogP contribution in [0.4, 0.5) is 5.69 Å². The predicted octanol–water partition coefficient (Wildman–Crippen LogP) is 3.27. The van der Waals surface area contributed by atoms with Crippen LogP contribution in [0.2, 0.25) is 0 Å². The van der Waals surface area contributed by atoms with Crippen LogP contribution in [0.3, 0.4) is 0 Å². The number of carbonyl (C=O) groups is 3. The number of carboxylic acid groups (broad SMARTS) is 1. The van der Waals surface area contributed by atoms with E-state index in [2.05, 4.69) is 0 Å². The number of thiocarbonyl (C=S) groups is 1. The minimum absolute atomic E-state index is 0.126. The lowest BCUT2D eigenvalue weighted by Crippen LogP contribution is -2.30. The van der Waals surface area contributed by atoms with Gasteiger partial charge in [0, 0.05) is 25.1 Å². The van der Waals surface area contributed by atoms with Crippen molar-refractivity contribution in [3.8, 4) is 0 Å². The van der Waals surface area contributed by atoms with E-state index in [0.717, 1.165) is 11.3 Å². The Balaban J connectivity index is 1.80. The Morgan fingerprint density at radius 1 is 1.11 bits per heavy atom. The molecule has 0 atom stereocenters. The number of benzene rings is 1. The molecular weight excluding hydrogens is 384 g/mol. The maximum absolute atomic E-state index is 12.9. The summed E-state index contributed by atoms with van der Waals surface area (Å²) in [4.78, 5) is 40.0. The molecule has 27 heavy (non-hydrogen) atoms. The lowest BCUT2D eigenvalue weighted by molar-refractivity contribution is -0.137. The van der Waals surface area contributed by atoms with E-state index in [1.54, 1.807) is 4.90 Å². The largest absolute Gasteiger partial charge is 0.481 e. The summed E-state index contributed by atoms with van der Waals surface area (Å²) < 4.78 is 0.445. The van der Waals surface area contributed by atoms with Crippen LogP contribution < -0.4 is 4.90 Å². The molecule has 2 heterocycles. The molecular formula is C19H20N2O4S2. The van der Waals surface area contributed by atoms with Crippen molar-refractivity contribution in [2.45, 2.75) is 32.6 Å². The molecule has 1 fully saturated rings. The van der Waals surface area contributed by atoms with E-state index in [-0.39, 0.29) is 18.2 Å². The maximum atomic E-state index is 12.9. The third-order valence-electron chi connectivity index (χ3n) is 4.59. The smallest absolute Gasteiger partial charge is 0.303 e. The van der Waals surface area contributed by atoms with E-state index in [9.17, 15) is 14.4 Å². The first-order chi connectivity index (χ1) is 13.0. The SMILES string of the molecule is CCN1C(=O)/C(=C2\SC(=S)N(CCCCCC(=O)O)C2=O)c2ccccc21. The van der Waals surface area contributed by atoms with Crippen molar-refractivity contribution in [3.05, 3.63) is 34.7 Å². The molecule has 0 unspecified atom stereocenters. The van der Waals surface area contributed by atoms with E-state index in [1.807, 2.05) is 31.2 Å². The van der Waals surface area contributed by atoms with Crippen molar-refractivity contribution in [1.29, 1.82) is 0 Å². The molecule has 2 amide bonds. The highest BCUT2D eigenvalue weighted by molar-refractivity contribution is 8.26. The van der Waals surface area contributed by atoms with Crippen molar-refractivity contribution >= 4 is 57.3 Å². The number of rotatable bonds is 7. The van der Waals surface area contributed by atoms with Gasteiger partial charge in [-0.1, -0.05) is 48.6 Å². The highest BCUT2D eigenvalue weighted by Crippen LogP contribution is 2.44. The molecule has 8 heteroatoms. The molecule has 0 saturated carbocycles. The normalized spacial score (nSPS) is 19.2. The van der Waals surface area contributed by atoms with Gasteiger partial charge in [-0.15, -0.1) is 0 Å². The van der Waals surface area contributed by atoms with Crippen LogP contribution in [0.15, 0.2) is 29.2 Å². The molecule has 0 bridgehead atoms. The van der Waals surface area contributed by atoms with Gasteiger partial charge >= 0.3 is 5.97 Å². The number of fused-ring (bicyclic) bond motifs is 1. The van der Waals surface area contributed by atoms with Crippen molar-refractivity contribution in [3.63, 3.8) is 0 Å². The predicted molar refractivity (Wildman–Crippen MR) is 109 cm³/mol. The number of anilines is 1. The minimum atomic E-state index is -0.816. The number of para-hydroxylation sites is 1. The van der Waals surface area contributed by atoms with Gasteiger partial charge < -0.3 is 10.0 Å². The lowest BCUT2D eigenvalue weighted by Gasteiger charge is -2.14. The quantitative estimate of drug-likeness (QED) is 0.427. The maximum Gasteiger partial charge on any atom is 0.303 e. The highest BCUT2D eigenvalue weighted by Gasteiger charge is 2.41. The number of likely N-dealkylation sites (N-methyl/N-ethyl adjacent to an activating group) is 1. The zero-order valence-corrected chi connectivity index (χ0v) is 16.6.